The van der Waals surface area contributed by atoms with Gasteiger partial charge in [0.1, 0.15) is 17.3 Å². The van der Waals surface area contributed by atoms with Crippen molar-refractivity contribution in [3.63, 3.8) is 0 Å². The van der Waals surface area contributed by atoms with Gasteiger partial charge in [0.05, 0.1) is 12.8 Å². The van der Waals surface area contributed by atoms with Crippen molar-refractivity contribution < 1.29 is 4.74 Å². The van der Waals surface area contributed by atoms with Gasteiger partial charge in [-0.15, -0.1) is 0 Å². The normalized spacial score (nSPS) is 14.7. The lowest BCUT2D eigenvalue weighted by atomic mass is 10.1. The topological polar surface area (TPSA) is 65.9 Å². The zero-order chi connectivity index (χ0) is 19.8. The number of piperazine rings is 1. The molecule has 7 nitrogen and oxygen atoms in total. The van der Waals surface area contributed by atoms with Crippen LogP contribution < -0.4 is 15.1 Å². The molecule has 1 fully saturated rings. The number of rotatable bonds is 6. The van der Waals surface area contributed by atoms with E-state index in [-0.39, 0.29) is 0 Å². The van der Waals surface area contributed by atoms with Gasteiger partial charge < -0.3 is 14.5 Å². The van der Waals surface area contributed by atoms with Crippen molar-refractivity contribution >= 4 is 28.9 Å². The Morgan fingerprint density at radius 3 is 2.61 bits per heavy atom. The molecule has 3 rings (SSSR count). The first-order valence-corrected chi connectivity index (χ1v) is 9.90. The molecule has 0 amide bonds. The Bertz CT molecular complexity index is 805. The van der Waals surface area contributed by atoms with Crippen molar-refractivity contribution in [1.29, 1.82) is 0 Å². The summed E-state index contributed by atoms with van der Waals surface area (Å²) in [5.74, 6) is 1.72. The van der Waals surface area contributed by atoms with Crippen molar-refractivity contribution in [3.05, 3.63) is 48.4 Å². The first-order chi connectivity index (χ1) is 13.7. The first-order valence-electron chi connectivity index (χ1n) is 9.49. The van der Waals surface area contributed by atoms with Crippen molar-refractivity contribution in [3.8, 4) is 5.75 Å². The van der Waals surface area contributed by atoms with Gasteiger partial charge in [-0.1, -0.05) is 19.4 Å². The van der Waals surface area contributed by atoms with Crippen LogP contribution in [0.1, 0.15) is 25.5 Å². The second-order valence-corrected chi connectivity index (χ2v) is 6.83. The third kappa shape index (κ3) is 4.95. The molecule has 0 saturated carbocycles. The highest BCUT2D eigenvalue weighted by Crippen LogP contribution is 2.18. The molecule has 1 saturated heterocycles. The molecule has 8 heteroatoms. The highest BCUT2D eigenvalue weighted by Gasteiger charge is 2.20. The monoisotopic (exact) mass is 398 g/mol. The summed E-state index contributed by atoms with van der Waals surface area (Å²) < 4.78 is 5.42. The number of thiocarbonyl (C=S) groups is 1. The summed E-state index contributed by atoms with van der Waals surface area (Å²) in [6, 6.07) is 9.72. The van der Waals surface area contributed by atoms with Crippen molar-refractivity contribution in [1.82, 2.24) is 20.3 Å². The van der Waals surface area contributed by atoms with E-state index in [2.05, 4.69) is 37.2 Å². The summed E-state index contributed by atoms with van der Waals surface area (Å²) in [4.78, 5) is 13.3. The number of hydrogen-bond donors (Lipinski definition) is 1. The number of aromatic nitrogens is 2. The third-order valence-corrected chi connectivity index (χ3v) is 4.93. The van der Waals surface area contributed by atoms with E-state index in [1.807, 2.05) is 36.5 Å². The van der Waals surface area contributed by atoms with Gasteiger partial charge >= 0.3 is 0 Å². The quantitative estimate of drug-likeness (QED) is 0.456. The molecule has 0 unspecified atom stereocenters. The molecule has 1 N–H and O–H groups in total. The molecule has 3 heterocycles. The number of hydrogen-bond acceptors (Lipinski definition) is 6. The van der Waals surface area contributed by atoms with E-state index in [1.54, 1.807) is 13.3 Å². The number of anilines is 1. The number of nitrogens with zero attached hydrogens (tertiary/aromatic N) is 5. The number of hydrazone groups is 1. The summed E-state index contributed by atoms with van der Waals surface area (Å²) in [6.45, 7) is 5.51. The molecular weight excluding hydrogens is 372 g/mol. The summed E-state index contributed by atoms with van der Waals surface area (Å²) >= 11 is 5.56. The molecule has 0 aliphatic carbocycles. The Morgan fingerprint density at radius 1 is 1.14 bits per heavy atom. The maximum absolute atomic E-state index is 5.56. The summed E-state index contributed by atoms with van der Waals surface area (Å²) in [7, 11) is 1.64. The van der Waals surface area contributed by atoms with E-state index < -0.39 is 0 Å². The van der Waals surface area contributed by atoms with E-state index in [4.69, 9.17) is 17.0 Å². The molecular formula is C20H26N6OS. The van der Waals surface area contributed by atoms with Gasteiger partial charge in [0, 0.05) is 38.6 Å². The van der Waals surface area contributed by atoms with E-state index in [9.17, 15) is 0 Å². The molecule has 2 aromatic heterocycles. The van der Waals surface area contributed by atoms with Crippen LogP contribution in [-0.2, 0) is 0 Å². The predicted molar refractivity (Wildman–Crippen MR) is 116 cm³/mol. The Hall–Kier alpha value is -2.74. The van der Waals surface area contributed by atoms with Crippen molar-refractivity contribution in [2.75, 3.05) is 38.2 Å². The minimum Gasteiger partial charge on any atom is -0.494 e. The van der Waals surface area contributed by atoms with Crippen molar-refractivity contribution in [2.45, 2.75) is 19.8 Å². The fourth-order valence-electron chi connectivity index (χ4n) is 3.10. The number of ether oxygens (including phenoxy) is 1. The molecule has 0 atom stereocenters. The molecule has 0 radical (unpaired) electrons. The summed E-state index contributed by atoms with van der Waals surface area (Å²) in [5, 5.41) is 5.19. The second-order valence-electron chi connectivity index (χ2n) is 6.44. The molecule has 1 aliphatic rings. The van der Waals surface area contributed by atoms with Crippen LogP contribution in [0.2, 0.25) is 0 Å². The molecule has 0 aromatic carbocycles. The van der Waals surface area contributed by atoms with Crippen LogP contribution in [0.25, 0.3) is 0 Å². The van der Waals surface area contributed by atoms with Crippen LogP contribution in [0.3, 0.4) is 0 Å². The van der Waals surface area contributed by atoms with Gasteiger partial charge in [0.2, 0.25) is 0 Å². The fraction of sp³-hybridized carbons (Fsp3) is 0.400. The lowest BCUT2D eigenvalue weighted by molar-refractivity contribution is 0.380. The SMILES string of the molecule is CCC/C(=N/NC(=S)N1CCN(c2ccccn2)CC1)c1ncccc1OC. The Morgan fingerprint density at radius 2 is 1.93 bits per heavy atom. The maximum atomic E-state index is 5.56. The lowest BCUT2D eigenvalue weighted by Gasteiger charge is -2.36. The third-order valence-electron chi connectivity index (χ3n) is 4.58. The van der Waals surface area contributed by atoms with Gasteiger partial charge in [-0.25, -0.2) is 4.98 Å². The Kier molecular flexibility index (Phi) is 7.13. The zero-order valence-electron chi connectivity index (χ0n) is 16.3. The second kappa shape index (κ2) is 9.98. The van der Waals surface area contributed by atoms with E-state index in [0.29, 0.717) is 10.9 Å². The molecule has 0 spiro atoms. The van der Waals surface area contributed by atoms with Gasteiger partial charge in [0.25, 0.3) is 0 Å². The minimum atomic E-state index is 0.629. The van der Waals surface area contributed by atoms with E-state index in [0.717, 1.165) is 56.2 Å². The zero-order valence-corrected chi connectivity index (χ0v) is 17.2. The van der Waals surface area contributed by atoms with E-state index in [1.165, 1.54) is 0 Å². The minimum absolute atomic E-state index is 0.629. The van der Waals surface area contributed by atoms with Crippen molar-refractivity contribution in [2.24, 2.45) is 5.10 Å². The molecule has 28 heavy (non-hydrogen) atoms. The fourth-order valence-corrected chi connectivity index (χ4v) is 3.33. The van der Waals surface area contributed by atoms with Crippen LogP contribution in [0.4, 0.5) is 5.82 Å². The van der Waals surface area contributed by atoms with Crippen LogP contribution in [0.15, 0.2) is 47.8 Å². The molecule has 2 aromatic rings. The highest BCUT2D eigenvalue weighted by atomic mass is 32.1. The maximum Gasteiger partial charge on any atom is 0.189 e. The number of pyridine rings is 2. The Labute approximate surface area is 171 Å². The first kappa shape index (κ1) is 20.0. The van der Waals surface area contributed by atoms with Crippen LogP contribution >= 0.6 is 12.2 Å². The molecule has 0 bridgehead atoms. The summed E-state index contributed by atoms with van der Waals surface area (Å²) in [5.41, 5.74) is 4.65. The predicted octanol–water partition coefficient (Wildman–Crippen LogP) is 2.69. The van der Waals surface area contributed by atoms with Gasteiger partial charge in [-0.05, 0) is 42.9 Å². The van der Waals surface area contributed by atoms with Crippen LogP contribution in [0.5, 0.6) is 5.75 Å². The van der Waals surface area contributed by atoms with Gasteiger partial charge in [-0.3, -0.25) is 10.4 Å². The number of methoxy groups -OCH3 is 1. The van der Waals surface area contributed by atoms with Crippen LogP contribution in [0, 0.1) is 0 Å². The average molecular weight is 399 g/mol. The van der Waals surface area contributed by atoms with Crippen LogP contribution in [-0.4, -0.2) is 59.0 Å². The largest absolute Gasteiger partial charge is 0.494 e. The molecule has 1 aliphatic heterocycles. The lowest BCUT2D eigenvalue weighted by Crippen LogP contribution is -2.51. The highest BCUT2D eigenvalue weighted by molar-refractivity contribution is 7.80. The summed E-state index contributed by atoms with van der Waals surface area (Å²) in [6.07, 6.45) is 5.31. The average Bonchev–Trinajstić information content (AvgIpc) is 2.77. The smallest absolute Gasteiger partial charge is 0.189 e. The Balaban J connectivity index is 1.62. The van der Waals surface area contributed by atoms with Gasteiger partial charge in [0.15, 0.2) is 5.11 Å². The standard InChI is InChI=1S/C20H26N6OS/c1-3-7-16(19-17(27-2)8-6-11-22-19)23-24-20(28)26-14-12-25(13-15-26)18-9-4-5-10-21-18/h4-6,8-11H,3,7,12-15H2,1-2H3,(H,24,28)/b23-16-. The number of nitrogens with one attached hydrogen (secondary N) is 1. The molecule has 148 valence electrons. The van der Waals surface area contributed by atoms with Gasteiger partial charge in [-0.2, -0.15) is 5.10 Å². The van der Waals surface area contributed by atoms with E-state index >= 15 is 0 Å².